The first-order valence-corrected chi connectivity index (χ1v) is 7.03. The molecule has 1 N–H and O–H groups in total. The molecule has 19 heavy (non-hydrogen) atoms. The Balaban J connectivity index is 1.69. The molecule has 1 fully saturated rings. The fourth-order valence-electron chi connectivity index (χ4n) is 2.80. The number of aliphatic hydroxyl groups is 1. The topological polar surface area (TPSA) is 53.2 Å². The third-order valence-electron chi connectivity index (χ3n) is 4.36. The third kappa shape index (κ3) is 2.59. The van der Waals surface area contributed by atoms with Gasteiger partial charge in [0.25, 0.3) is 0 Å². The highest BCUT2D eigenvalue weighted by molar-refractivity contribution is 5.38. The number of aliphatic hydroxyl groups excluding tert-OH is 1. The lowest BCUT2D eigenvalue weighted by Crippen LogP contribution is -2.13. The van der Waals surface area contributed by atoms with Crippen molar-refractivity contribution in [3.8, 4) is 11.8 Å². The van der Waals surface area contributed by atoms with Crippen LogP contribution in [0.5, 0.6) is 5.75 Å². The SMILES string of the molecule is N#CCC1(COc2ccc3c(c2)C(O)CCC3)CC1. The van der Waals surface area contributed by atoms with Crippen molar-refractivity contribution in [2.45, 2.75) is 44.6 Å². The molecule has 1 aromatic carbocycles. The predicted octanol–water partition coefficient (Wildman–Crippen LogP) is 3.13. The van der Waals surface area contributed by atoms with Gasteiger partial charge >= 0.3 is 0 Å². The van der Waals surface area contributed by atoms with Crippen molar-refractivity contribution >= 4 is 0 Å². The van der Waals surface area contributed by atoms with Crippen LogP contribution in [0.15, 0.2) is 18.2 Å². The number of ether oxygens (including phenoxy) is 1. The van der Waals surface area contributed by atoms with Crippen LogP contribution in [0.25, 0.3) is 0 Å². The molecule has 3 heteroatoms. The fourth-order valence-corrected chi connectivity index (χ4v) is 2.80. The van der Waals surface area contributed by atoms with Crippen molar-refractivity contribution in [1.29, 1.82) is 5.26 Å². The zero-order valence-corrected chi connectivity index (χ0v) is 11.1. The molecule has 0 aliphatic heterocycles. The van der Waals surface area contributed by atoms with Crippen LogP contribution in [0.2, 0.25) is 0 Å². The van der Waals surface area contributed by atoms with E-state index in [0.29, 0.717) is 13.0 Å². The summed E-state index contributed by atoms with van der Waals surface area (Å²) in [6, 6.07) is 8.27. The van der Waals surface area contributed by atoms with Crippen LogP contribution in [0.4, 0.5) is 0 Å². The van der Waals surface area contributed by atoms with Gasteiger partial charge in [-0.3, -0.25) is 0 Å². The molecule has 0 aromatic heterocycles. The summed E-state index contributed by atoms with van der Waals surface area (Å²) in [4.78, 5) is 0. The summed E-state index contributed by atoms with van der Waals surface area (Å²) in [5.74, 6) is 0.823. The van der Waals surface area contributed by atoms with Crippen LogP contribution < -0.4 is 4.74 Å². The second-order valence-electron chi connectivity index (χ2n) is 5.89. The Morgan fingerprint density at radius 1 is 1.42 bits per heavy atom. The Morgan fingerprint density at radius 2 is 2.26 bits per heavy atom. The van der Waals surface area contributed by atoms with Crippen molar-refractivity contribution in [2.24, 2.45) is 5.41 Å². The van der Waals surface area contributed by atoms with Crippen molar-refractivity contribution in [3.63, 3.8) is 0 Å². The van der Waals surface area contributed by atoms with E-state index in [1.165, 1.54) is 5.56 Å². The van der Waals surface area contributed by atoms with Gasteiger partial charge in [0.2, 0.25) is 0 Å². The van der Waals surface area contributed by atoms with E-state index in [4.69, 9.17) is 10.00 Å². The van der Waals surface area contributed by atoms with Gasteiger partial charge in [-0.1, -0.05) is 6.07 Å². The Morgan fingerprint density at radius 3 is 3.00 bits per heavy atom. The summed E-state index contributed by atoms with van der Waals surface area (Å²) in [7, 11) is 0. The molecular formula is C16H19NO2. The van der Waals surface area contributed by atoms with Crippen LogP contribution in [-0.4, -0.2) is 11.7 Å². The van der Waals surface area contributed by atoms with Crippen LogP contribution in [-0.2, 0) is 6.42 Å². The predicted molar refractivity (Wildman–Crippen MR) is 71.7 cm³/mol. The number of hydrogen-bond acceptors (Lipinski definition) is 3. The Hall–Kier alpha value is -1.53. The zero-order chi connectivity index (χ0) is 13.3. The van der Waals surface area contributed by atoms with Gasteiger partial charge < -0.3 is 9.84 Å². The van der Waals surface area contributed by atoms with E-state index in [1.807, 2.05) is 12.1 Å². The first kappa shape index (κ1) is 12.5. The molecule has 0 heterocycles. The molecule has 0 saturated heterocycles. The lowest BCUT2D eigenvalue weighted by Gasteiger charge is -2.22. The zero-order valence-electron chi connectivity index (χ0n) is 11.1. The van der Waals surface area contributed by atoms with Gasteiger partial charge in [0.1, 0.15) is 5.75 Å². The maximum atomic E-state index is 10.0. The minimum absolute atomic E-state index is 0.100. The van der Waals surface area contributed by atoms with E-state index >= 15 is 0 Å². The second-order valence-corrected chi connectivity index (χ2v) is 5.89. The molecule has 3 nitrogen and oxygen atoms in total. The van der Waals surface area contributed by atoms with E-state index in [2.05, 4.69) is 12.1 Å². The van der Waals surface area contributed by atoms with Gasteiger partial charge in [-0.2, -0.15) is 5.26 Å². The smallest absolute Gasteiger partial charge is 0.119 e. The van der Waals surface area contributed by atoms with Gasteiger partial charge in [0.05, 0.1) is 18.8 Å². The summed E-state index contributed by atoms with van der Waals surface area (Å²) < 4.78 is 5.84. The Bertz CT molecular complexity index is 514. The van der Waals surface area contributed by atoms with E-state index < -0.39 is 0 Å². The summed E-state index contributed by atoms with van der Waals surface area (Å²) in [6.07, 6.45) is 5.36. The molecule has 1 atom stereocenters. The van der Waals surface area contributed by atoms with Gasteiger partial charge in [-0.05, 0) is 55.4 Å². The number of nitriles is 1. The normalized spacial score (nSPS) is 23.3. The summed E-state index contributed by atoms with van der Waals surface area (Å²) >= 11 is 0. The van der Waals surface area contributed by atoms with E-state index in [9.17, 15) is 5.11 Å². The molecule has 100 valence electrons. The Kier molecular flexibility index (Phi) is 3.20. The van der Waals surface area contributed by atoms with Gasteiger partial charge in [-0.25, -0.2) is 0 Å². The molecule has 2 aliphatic rings. The molecule has 0 radical (unpaired) electrons. The minimum atomic E-state index is -0.346. The lowest BCUT2D eigenvalue weighted by atomic mass is 9.89. The highest BCUT2D eigenvalue weighted by Crippen LogP contribution is 2.48. The summed E-state index contributed by atoms with van der Waals surface area (Å²) in [5, 5.41) is 18.8. The third-order valence-corrected chi connectivity index (χ3v) is 4.36. The molecule has 1 saturated carbocycles. The van der Waals surface area contributed by atoms with E-state index in [-0.39, 0.29) is 11.5 Å². The van der Waals surface area contributed by atoms with Crippen LogP contribution in [0, 0.1) is 16.7 Å². The molecule has 1 unspecified atom stereocenters. The standard InChI is InChI=1S/C16H19NO2/c17-9-8-16(6-7-16)11-19-13-5-4-12-2-1-3-15(18)14(12)10-13/h4-5,10,15,18H,1-3,6-8,11H2. The Labute approximate surface area is 113 Å². The number of fused-ring (bicyclic) bond motifs is 1. The fraction of sp³-hybridized carbons (Fsp3) is 0.562. The lowest BCUT2D eigenvalue weighted by molar-refractivity contribution is 0.155. The van der Waals surface area contributed by atoms with Crippen LogP contribution >= 0.6 is 0 Å². The molecule has 0 amide bonds. The van der Waals surface area contributed by atoms with Gasteiger partial charge in [-0.15, -0.1) is 0 Å². The summed E-state index contributed by atoms with van der Waals surface area (Å²) in [6.45, 7) is 0.620. The first-order chi connectivity index (χ1) is 9.22. The van der Waals surface area contributed by atoms with Crippen molar-refractivity contribution < 1.29 is 9.84 Å². The second kappa shape index (κ2) is 4.86. The quantitative estimate of drug-likeness (QED) is 0.901. The summed E-state index contributed by atoms with van der Waals surface area (Å²) in [5.41, 5.74) is 2.36. The van der Waals surface area contributed by atoms with Gasteiger partial charge in [0, 0.05) is 11.8 Å². The van der Waals surface area contributed by atoms with Crippen LogP contribution in [0.3, 0.4) is 0 Å². The number of rotatable bonds is 4. The molecule has 0 bridgehead atoms. The molecule has 3 rings (SSSR count). The van der Waals surface area contributed by atoms with Crippen molar-refractivity contribution in [2.75, 3.05) is 6.61 Å². The average molecular weight is 257 g/mol. The number of benzene rings is 1. The molecule has 2 aliphatic carbocycles. The highest BCUT2D eigenvalue weighted by atomic mass is 16.5. The van der Waals surface area contributed by atoms with Gasteiger partial charge in [0.15, 0.2) is 0 Å². The number of nitrogens with zero attached hydrogens (tertiary/aromatic N) is 1. The maximum absolute atomic E-state index is 10.0. The monoisotopic (exact) mass is 257 g/mol. The maximum Gasteiger partial charge on any atom is 0.119 e. The van der Waals surface area contributed by atoms with Crippen LogP contribution in [0.1, 0.15) is 49.3 Å². The number of hydrogen-bond donors (Lipinski definition) is 1. The molecular weight excluding hydrogens is 238 g/mol. The number of aryl methyl sites for hydroxylation is 1. The van der Waals surface area contributed by atoms with E-state index in [1.54, 1.807) is 0 Å². The van der Waals surface area contributed by atoms with Crippen molar-refractivity contribution in [1.82, 2.24) is 0 Å². The van der Waals surface area contributed by atoms with Crippen molar-refractivity contribution in [3.05, 3.63) is 29.3 Å². The molecule has 1 aromatic rings. The largest absolute Gasteiger partial charge is 0.493 e. The van der Waals surface area contributed by atoms with E-state index in [0.717, 1.165) is 43.4 Å². The average Bonchev–Trinajstić information content (AvgIpc) is 3.18. The molecule has 0 spiro atoms. The highest BCUT2D eigenvalue weighted by Gasteiger charge is 2.43. The minimum Gasteiger partial charge on any atom is -0.493 e. The first-order valence-electron chi connectivity index (χ1n) is 7.03.